The van der Waals surface area contributed by atoms with E-state index in [1.807, 2.05) is 44.2 Å². The van der Waals surface area contributed by atoms with Crippen LogP contribution in [0.1, 0.15) is 44.9 Å². The Morgan fingerprint density at radius 2 is 1.97 bits per heavy atom. The van der Waals surface area contributed by atoms with Crippen molar-refractivity contribution >= 4 is 40.5 Å². The average molecular weight is 530 g/mol. The summed E-state index contributed by atoms with van der Waals surface area (Å²) >= 11 is 1.24. The number of hydrogen-bond acceptors (Lipinski definition) is 8. The van der Waals surface area contributed by atoms with E-state index in [1.54, 1.807) is 12.3 Å². The van der Waals surface area contributed by atoms with Crippen molar-refractivity contribution in [3.05, 3.63) is 47.0 Å². The summed E-state index contributed by atoms with van der Waals surface area (Å²) in [6, 6.07) is 7.33. The standard InChI is InChI=1S/C26H35N5O5S/c1-4-18(13-32)28-24(34)21-11-20(36-14-17-8-6-5-7-9-17)12-31(21)25(35)23(16(2)3)30-22(33)10-19-15-37-26(27)29-19/h5-9,13,15-16,18,20-21,23H,4,10-12,14H2,1-3H3,(H2,27,29)(H,28,34)(H,30,33)/t18-,20+,21-,23-/m0/s1. The SMILES string of the molecule is CC[C@@H](C=O)NC(=O)[C@@H]1C[C@@H](OCc2ccccc2)CN1C(=O)[C@@H](NC(=O)Cc1csc(N)n1)C(C)C. The molecule has 0 saturated carbocycles. The molecule has 0 spiro atoms. The van der Waals surface area contributed by atoms with Crippen molar-refractivity contribution in [1.29, 1.82) is 0 Å². The van der Waals surface area contributed by atoms with Crippen LogP contribution in [-0.4, -0.2) is 64.7 Å². The van der Waals surface area contributed by atoms with E-state index in [2.05, 4.69) is 15.6 Å². The van der Waals surface area contributed by atoms with Crippen LogP contribution in [0, 0.1) is 5.92 Å². The Kier molecular flexibility index (Phi) is 10.2. The maximum atomic E-state index is 13.7. The molecular formula is C26H35N5O5S. The number of ether oxygens (including phenoxy) is 1. The molecule has 4 N–H and O–H groups in total. The largest absolute Gasteiger partial charge is 0.375 e. The molecule has 0 aliphatic carbocycles. The highest BCUT2D eigenvalue weighted by molar-refractivity contribution is 7.13. The van der Waals surface area contributed by atoms with E-state index in [0.717, 1.165) is 5.56 Å². The number of aldehydes is 1. The van der Waals surface area contributed by atoms with E-state index in [0.29, 0.717) is 30.1 Å². The van der Waals surface area contributed by atoms with Crippen LogP contribution in [0.4, 0.5) is 5.13 Å². The number of thiazole rings is 1. The number of benzene rings is 1. The second kappa shape index (κ2) is 13.3. The lowest BCUT2D eigenvalue weighted by molar-refractivity contribution is -0.142. The number of carbonyl (C=O) groups is 4. The second-order valence-corrected chi connectivity index (χ2v) is 10.4. The first-order chi connectivity index (χ1) is 17.7. The summed E-state index contributed by atoms with van der Waals surface area (Å²) in [6.07, 6.45) is 1.03. The number of hydrogen-bond donors (Lipinski definition) is 3. The van der Waals surface area contributed by atoms with Gasteiger partial charge >= 0.3 is 0 Å². The van der Waals surface area contributed by atoms with Gasteiger partial charge in [0.2, 0.25) is 17.7 Å². The minimum Gasteiger partial charge on any atom is -0.375 e. The maximum Gasteiger partial charge on any atom is 0.246 e. The van der Waals surface area contributed by atoms with Crippen LogP contribution < -0.4 is 16.4 Å². The Hall–Kier alpha value is -3.31. The molecule has 1 aromatic carbocycles. The van der Waals surface area contributed by atoms with Crippen LogP contribution in [0.3, 0.4) is 0 Å². The van der Waals surface area contributed by atoms with Crippen LogP contribution in [0.25, 0.3) is 0 Å². The van der Waals surface area contributed by atoms with Gasteiger partial charge in [0.25, 0.3) is 0 Å². The van der Waals surface area contributed by atoms with E-state index in [9.17, 15) is 19.2 Å². The number of nitrogens with one attached hydrogen (secondary N) is 2. The predicted molar refractivity (Wildman–Crippen MR) is 140 cm³/mol. The van der Waals surface area contributed by atoms with Gasteiger partial charge in [0.15, 0.2) is 5.13 Å². The topological polar surface area (TPSA) is 144 Å². The fraction of sp³-hybridized carbons (Fsp3) is 0.500. The molecule has 1 aromatic heterocycles. The molecule has 200 valence electrons. The summed E-state index contributed by atoms with van der Waals surface area (Å²) in [6.45, 7) is 6.00. The summed E-state index contributed by atoms with van der Waals surface area (Å²) in [5.41, 5.74) is 7.16. The van der Waals surface area contributed by atoms with Crippen LogP contribution >= 0.6 is 11.3 Å². The molecule has 1 aliphatic heterocycles. The zero-order chi connectivity index (χ0) is 26.9. The highest BCUT2D eigenvalue weighted by Gasteiger charge is 2.43. The van der Waals surface area contributed by atoms with Gasteiger partial charge in [-0.1, -0.05) is 51.1 Å². The first-order valence-electron chi connectivity index (χ1n) is 12.4. The number of likely N-dealkylation sites (tertiary alicyclic amines) is 1. The van der Waals surface area contributed by atoms with Crippen LogP contribution in [0.5, 0.6) is 0 Å². The molecule has 1 aliphatic rings. The van der Waals surface area contributed by atoms with Crippen molar-refractivity contribution < 1.29 is 23.9 Å². The molecule has 0 bridgehead atoms. The number of amides is 3. The Balaban J connectivity index is 1.74. The lowest BCUT2D eigenvalue weighted by Gasteiger charge is -2.30. The molecular weight excluding hydrogens is 494 g/mol. The Labute approximate surface area is 221 Å². The number of anilines is 1. The van der Waals surface area contributed by atoms with Gasteiger partial charge < -0.3 is 30.8 Å². The van der Waals surface area contributed by atoms with Crippen LogP contribution in [-0.2, 0) is 36.9 Å². The van der Waals surface area contributed by atoms with Gasteiger partial charge in [0.05, 0.1) is 30.9 Å². The lowest BCUT2D eigenvalue weighted by Crippen LogP contribution is -2.56. The third kappa shape index (κ3) is 7.83. The number of aromatic nitrogens is 1. The van der Waals surface area contributed by atoms with E-state index >= 15 is 0 Å². The van der Waals surface area contributed by atoms with E-state index in [4.69, 9.17) is 10.5 Å². The highest BCUT2D eigenvalue weighted by Crippen LogP contribution is 2.24. The molecule has 4 atom stereocenters. The Morgan fingerprint density at radius 1 is 1.24 bits per heavy atom. The lowest BCUT2D eigenvalue weighted by atomic mass is 10.0. The first-order valence-corrected chi connectivity index (χ1v) is 13.3. The quantitative estimate of drug-likeness (QED) is 0.355. The highest BCUT2D eigenvalue weighted by atomic mass is 32.1. The van der Waals surface area contributed by atoms with E-state index in [1.165, 1.54) is 16.2 Å². The number of carbonyl (C=O) groups excluding carboxylic acids is 4. The summed E-state index contributed by atoms with van der Waals surface area (Å²) in [5, 5.41) is 7.60. The number of nitrogens with zero attached hydrogens (tertiary/aromatic N) is 2. The Morgan fingerprint density at radius 3 is 2.57 bits per heavy atom. The molecule has 3 rings (SSSR count). The number of nitrogens with two attached hydrogens (primary N) is 1. The van der Waals surface area contributed by atoms with Crippen molar-refractivity contribution in [1.82, 2.24) is 20.5 Å². The normalized spacial score (nSPS) is 18.9. The van der Waals surface area contributed by atoms with Crippen molar-refractivity contribution in [3.8, 4) is 0 Å². The van der Waals surface area contributed by atoms with Gasteiger partial charge in [-0.2, -0.15) is 0 Å². The fourth-order valence-corrected chi connectivity index (χ4v) is 4.76. The van der Waals surface area contributed by atoms with E-state index < -0.39 is 24.0 Å². The van der Waals surface area contributed by atoms with Gasteiger partial charge in [0, 0.05) is 18.3 Å². The van der Waals surface area contributed by atoms with Crippen LogP contribution in [0.15, 0.2) is 35.7 Å². The smallest absolute Gasteiger partial charge is 0.246 e. The fourth-order valence-electron chi connectivity index (χ4n) is 4.19. The zero-order valence-corrected chi connectivity index (χ0v) is 22.2. The van der Waals surface area contributed by atoms with Crippen molar-refractivity contribution in [2.24, 2.45) is 5.92 Å². The molecule has 0 unspecified atom stereocenters. The van der Waals surface area contributed by atoms with Gasteiger partial charge in [0.1, 0.15) is 18.4 Å². The molecule has 1 fully saturated rings. The molecule has 2 heterocycles. The second-order valence-electron chi connectivity index (χ2n) is 9.46. The molecule has 2 aromatic rings. The minimum absolute atomic E-state index is 0.00551. The summed E-state index contributed by atoms with van der Waals surface area (Å²) in [7, 11) is 0. The molecule has 37 heavy (non-hydrogen) atoms. The molecule has 1 saturated heterocycles. The first kappa shape index (κ1) is 28.3. The Bertz CT molecular complexity index is 1080. The van der Waals surface area contributed by atoms with Crippen molar-refractivity contribution in [3.63, 3.8) is 0 Å². The monoisotopic (exact) mass is 529 g/mol. The average Bonchev–Trinajstić information content (AvgIpc) is 3.50. The third-order valence-electron chi connectivity index (χ3n) is 6.27. The zero-order valence-electron chi connectivity index (χ0n) is 21.4. The van der Waals surface area contributed by atoms with Crippen molar-refractivity contribution in [2.75, 3.05) is 12.3 Å². The third-order valence-corrected chi connectivity index (χ3v) is 6.99. The minimum atomic E-state index is -0.848. The maximum absolute atomic E-state index is 13.7. The number of rotatable bonds is 12. The molecule has 11 heteroatoms. The van der Waals surface area contributed by atoms with E-state index in [-0.39, 0.29) is 43.2 Å². The number of nitrogen functional groups attached to an aromatic ring is 1. The summed E-state index contributed by atoms with van der Waals surface area (Å²) in [4.78, 5) is 56.5. The van der Waals surface area contributed by atoms with Gasteiger partial charge in [-0.05, 0) is 17.9 Å². The summed E-state index contributed by atoms with van der Waals surface area (Å²) in [5.74, 6) is -1.37. The predicted octanol–water partition coefficient (Wildman–Crippen LogP) is 1.69. The van der Waals surface area contributed by atoms with Crippen molar-refractivity contribution in [2.45, 2.75) is 70.9 Å². The molecule has 3 amide bonds. The van der Waals surface area contributed by atoms with Crippen LogP contribution in [0.2, 0.25) is 0 Å². The molecule has 10 nitrogen and oxygen atoms in total. The molecule has 0 radical (unpaired) electrons. The van der Waals surface area contributed by atoms with Gasteiger partial charge in [-0.15, -0.1) is 11.3 Å². The van der Waals surface area contributed by atoms with Gasteiger partial charge in [-0.3, -0.25) is 14.4 Å². The summed E-state index contributed by atoms with van der Waals surface area (Å²) < 4.78 is 6.06. The van der Waals surface area contributed by atoms with Gasteiger partial charge in [-0.25, -0.2) is 4.98 Å².